The second kappa shape index (κ2) is 5.19. The monoisotopic (exact) mass is 297 g/mol. The van der Waals surface area contributed by atoms with Crippen LogP contribution in [0.2, 0.25) is 0 Å². The summed E-state index contributed by atoms with van der Waals surface area (Å²) in [5.41, 5.74) is -2.36. The molecule has 0 aromatic carbocycles. The number of nitrogens with zero attached hydrogens (tertiary/aromatic N) is 2. The Morgan fingerprint density at radius 1 is 1.33 bits per heavy atom. The van der Waals surface area contributed by atoms with Crippen LogP contribution in [0.25, 0.3) is 0 Å². The largest absolute Gasteiger partial charge is 0.481 e. The molecule has 2 N–H and O–H groups in total. The number of nitrogens with one attached hydrogen (secondary N) is 1. The average Bonchev–Trinajstić information content (AvgIpc) is 2.70. The summed E-state index contributed by atoms with van der Waals surface area (Å²) < 4.78 is 1.33. The summed E-state index contributed by atoms with van der Waals surface area (Å²) in [5, 5.41) is 22.6. The predicted octanol–water partition coefficient (Wildman–Crippen LogP) is 1.55. The molecular weight excluding hydrogens is 278 g/mol. The summed E-state index contributed by atoms with van der Waals surface area (Å²) >= 11 is 0. The standard InChI is InChI=1S/C13H19N3O5/c1-12(2,11(18)19)13(3,4)14-10(17)9-6-8(16(20)21)7-15(9)5/h6-7H,1-5H3,(H,14,17)(H,18,19). The minimum atomic E-state index is -1.21. The molecule has 1 heterocycles. The molecule has 8 nitrogen and oxygen atoms in total. The van der Waals surface area contributed by atoms with E-state index in [2.05, 4.69) is 5.32 Å². The Morgan fingerprint density at radius 2 is 1.86 bits per heavy atom. The second-order valence-electron chi connectivity index (χ2n) is 5.96. The minimum absolute atomic E-state index is 0.0935. The number of carbonyl (C=O) groups is 2. The van der Waals surface area contributed by atoms with Gasteiger partial charge in [0.05, 0.1) is 22.1 Å². The zero-order valence-electron chi connectivity index (χ0n) is 12.6. The smallest absolute Gasteiger partial charge is 0.311 e. The van der Waals surface area contributed by atoms with Crippen molar-refractivity contribution in [2.24, 2.45) is 12.5 Å². The summed E-state index contributed by atoms with van der Waals surface area (Å²) in [4.78, 5) is 33.7. The molecule has 1 aromatic heterocycles. The number of hydrogen-bond acceptors (Lipinski definition) is 4. The molecule has 0 spiro atoms. The van der Waals surface area contributed by atoms with Crippen molar-refractivity contribution in [3.8, 4) is 0 Å². The van der Waals surface area contributed by atoms with Gasteiger partial charge in [-0.05, 0) is 27.7 Å². The van der Waals surface area contributed by atoms with Gasteiger partial charge in [-0.15, -0.1) is 0 Å². The van der Waals surface area contributed by atoms with Crippen molar-refractivity contribution in [2.45, 2.75) is 33.2 Å². The fraction of sp³-hybridized carbons (Fsp3) is 0.538. The third-order valence-electron chi connectivity index (χ3n) is 3.96. The Balaban J connectivity index is 3.06. The molecule has 0 saturated carbocycles. The van der Waals surface area contributed by atoms with Gasteiger partial charge in [-0.1, -0.05) is 0 Å². The van der Waals surface area contributed by atoms with Gasteiger partial charge in [0.2, 0.25) is 0 Å². The van der Waals surface area contributed by atoms with Gasteiger partial charge in [-0.25, -0.2) is 0 Å². The number of carbonyl (C=O) groups excluding carboxylic acids is 1. The lowest BCUT2D eigenvalue weighted by atomic mass is 9.74. The van der Waals surface area contributed by atoms with E-state index in [0.717, 1.165) is 6.07 Å². The predicted molar refractivity (Wildman–Crippen MR) is 75.0 cm³/mol. The van der Waals surface area contributed by atoms with Crippen LogP contribution < -0.4 is 5.32 Å². The lowest BCUT2D eigenvalue weighted by Crippen LogP contribution is -2.57. The summed E-state index contributed by atoms with van der Waals surface area (Å²) in [6, 6.07) is 1.15. The number of carboxylic acids is 1. The number of amides is 1. The lowest BCUT2D eigenvalue weighted by molar-refractivity contribution is -0.384. The third-order valence-corrected chi connectivity index (χ3v) is 3.96. The van der Waals surface area contributed by atoms with Crippen LogP contribution in [0.3, 0.4) is 0 Å². The Morgan fingerprint density at radius 3 is 2.24 bits per heavy atom. The maximum absolute atomic E-state index is 12.2. The van der Waals surface area contributed by atoms with E-state index in [1.807, 2.05) is 0 Å². The van der Waals surface area contributed by atoms with Crippen LogP contribution >= 0.6 is 0 Å². The molecule has 21 heavy (non-hydrogen) atoms. The van der Waals surface area contributed by atoms with Gasteiger partial charge >= 0.3 is 5.97 Å². The SMILES string of the molecule is Cn1cc([N+](=O)[O-])cc1C(=O)NC(C)(C)C(C)(C)C(=O)O. The molecule has 0 aliphatic rings. The molecule has 1 rings (SSSR count). The van der Waals surface area contributed by atoms with E-state index >= 15 is 0 Å². The van der Waals surface area contributed by atoms with Gasteiger partial charge in [0, 0.05) is 13.1 Å². The Kier molecular flexibility index (Phi) is 4.12. The number of aryl methyl sites for hydroxylation is 1. The van der Waals surface area contributed by atoms with Crippen molar-refractivity contribution < 1.29 is 19.6 Å². The van der Waals surface area contributed by atoms with E-state index in [9.17, 15) is 24.8 Å². The van der Waals surface area contributed by atoms with E-state index in [1.165, 1.54) is 31.7 Å². The van der Waals surface area contributed by atoms with E-state index in [4.69, 9.17) is 0 Å². The maximum atomic E-state index is 12.2. The molecule has 1 amide bonds. The molecule has 116 valence electrons. The molecule has 0 aliphatic carbocycles. The van der Waals surface area contributed by atoms with Crippen LogP contribution in [0.4, 0.5) is 5.69 Å². The van der Waals surface area contributed by atoms with Crippen LogP contribution in [0, 0.1) is 15.5 Å². The highest BCUT2D eigenvalue weighted by Crippen LogP contribution is 2.31. The number of rotatable bonds is 5. The van der Waals surface area contributed by atoms with Gasteiger partial charge in [-0.3, -0.25) is 19.7 Å². The van der Waals surface area contributed by atoms with Gasteiger partial charge in [0.15, 0.2) is 0 Å². The van der Waals surface area contributed by atoms with E-state index in [-0.39, 0.29) is 11.4 Å². The summed E-state index contributed by atoms with van der Waals surface area (Å²) in [7, 11) is 1.51. The highest BCUT2D eigenvalue weighted by atomic mass is 16.6. The molecule has 0 saturated heterocycles. The van der Waals surface area contributed by atoms with E-state index in [0.29, 0.717) is 0 Å². The van der Waals surface area contributed by atoms with Crippen molar-refractivity contribution in [1.82, 2.24) is 9.88 Å². The maximum Gasteiger partial charge on any atom is 0.311 e. The van der Waals surface area contributed by atoms with Gasteiger partial charge in [0.1, 0.15) is 5.69 Å². The van der Waals surface area contributed by atoms with Crippen molar-refractivity contribution in [3.05, 3.63) is 28.1 Å². The highest BCUT2D eigenvalue weighted by molar-refractivity contribution is 5.94. The fourth-order valence-electron chi connectivity index (χ4n) is 1.64. The zero-order valence-corrected chi connectivity index (χ0v) is 12.6. The van der Waals surface area contributed by atoms with Gasteiger partial charge in [-0.2, -0.15) is 0 Å². The molecular formula is C13H19N3O5. The van der Waals surface area contributed by atoms with Crippen LogP contribution in [-0.2, 0) is 11.8 Å². The lowest BCUT2D eigenvalue weighted by Gasteiger charge is -2.38. The average molecular weight is 297 g/mol. The van der Waals surface area contributed by atoms with Gasteiger partial charge < -0.3 is 15.0 Å². The van der Waals surface area contributed by atoms with E-state index < -0.39 is 27.8 Å². The van der Waals surface area contributed by atoms with Crippen LogP contribution in [0.15, 0.2) is 12.3 Å². The zero-order chi connectivity index (χ0) is 16.6. The number of hydrogen-bond donors (Lipinski definition) is 2. The van der Waals surface area contributed by atoms with Crippen LogP contribution in [-0.4, -0.2) is 32.0 Å². The molecule has 1 aromatic rings. The first-order chi connectivity index (χ1) is 9.40. The van der Waals surface area contributed by atoms with Crippen molar-refractivity contribution >= 4 is 17.6 Å². The molecule has 0 radical (unpaired) electrons. The number of aliphatic carboxylic acids is 1. The fourth-order valence-corrected chi connectivity index (χ4v) is 1.64. The number of aromatic nitrogens is 1. The first-order valence-electron chi connectivity index (χ1n) is 6.27. The quantitative estimate of drug-likeness (QED) is 0.632. The molecule has 0 bridgehead atoms. The summed E-state index contributed by atoms with van der Waals surface area (Å²) in [6.45, 7) is 6.19. The van der Waals surface area contributed by atoms with Crippen LogP contribution in [0.5, 0.6) is 0 Å². The van der Waals surface area contributed by atoms with E-state index in [1.54, 1.807) is 13.8 Å². The molecule has 0 fully saturated rings. The molecule has 8 heteroatoms. The molecule has 0 unspecified atom stereocenters. The van der Waals surface area contributed by atoms with Crippen molar-refractivity contribution in [3.63, 3.8) is 0 Å². The van der Waals surface area contributed by atoms with Crippen molar-refractivity contribution in [1.29, 1.82) is 0 Å². The third kappa shape index (κ3) is 3.04. The normalized spacial score (nSPS) is 12.0. The second-order valence-corrected chi connectivity index (χ2v) is 5.96. The first kappa shape index (κ1) is 16.7. The van der Waals surface area contributed by atoms with Gasteiger partial charge in [0.25, 0.3) is 11.6 Å². The Bertz CT molecular complexity index is 601. The van der Waals surface area contributed by atoms with Crippen LogP contribution in [0.1, 0.15) is 38.2 Å². The number of nitro groups is 1. The summed E-state index contributed by atoms with van der Waals surface area (Å²) in [6.07, 6.45) is 1.23. The highest BCUT2D eigenvalue weighted by Gasteiger charge is 2.44. The Hall–Kier alpha value is -2.38. The molecule has 0 aliphatic heterocycles. The topological polar surface area (TPSA) is 114 Å². The summed E-state index contributed by atoms with van der Waals surface area (Å²) in [5.74, 6) is -1.62. The minimum Gasteiger partial charge on any atom is -0.481 e. The van der Waals surface area contributed by atoms with Crippen molar-refractivity contribution in [2.75, 3.05) is 0 Å². The molecule has 0 atom stereocenters. The Labute approximate surface area is 121 Å². The number of carboxylic acid groups (broad SMARTS) is 1. The first-order valence-corrected chi connectivity index (χ1v) is 6.27.